The summed E-state index contributed by atoms with van der Waals surface area (Å²) >= 11 is 0. The predicted molar refractivity (Wildman–Crippen MR) is 63.7 cm³/mol. The molecule has 2 amide bonds. The molecule has 0 bridgehead atoms. The monoisotopic (exact) mass is 311 g/mol. The van der Waals surface area contributed by atoms with Gasteiger partial charge in [0.1, 0.15) is 18.2 Å². The number of halogens is 1. The maximum atomic E-state index is 13.1. The molecule has 20 heavy (non-hydrogen) atoms. The van der Waals surface area contributed by atoms with E-state index in [1.807, 2.05) is 0 Å². The minimum atomic E-state index is -4.17. The van der Waals surface area contributed by atoms with Crippen molar-refractivity contribution in [3.63, 3.8) is 0 Å². The highest BCUT2D eigenvalue weighted by molar-refractivity contribution is 7.50. The zero-order chi connectivity index (χ0) is 14.9. The smallest absolute Gasteiger partial charge is 0.390 e. The molecule has 2 unspecified atom stereocenters. The molecule has 5 N–H and O–H groups in total. The van der Waals surface area contributed by atoms with Crippen LogP contribution >= 0.6 is 7.75 Å². The molecule has 9 nitrogen and oxygen atoms in total. The van der Waals surface area contributed by atoms with Crippen molar-refractivity contribution in [1.29, 1.82) is 0 Å². The van der Waals surface area contributed by atoms with Crippen molar-refractivity contribution in [3.8, 4) is 0 Å². The van der Waals surface area contributed by atoms with Gasteiger partial charge in [0.05, 0.1) is 19.3 Å². The Labute approximate surface area is 113 Å². The van der Waals surface area contributed by atoms with E-state index in [2.05, 4.69) is 9.84 Å². The molecule has 114 valence electrons. The van der Waals surface area contributed by atoms with E-state index in [0.717, 1.165) is 11.1 Å². The SMILES string of the molecule is NP(=O)(O)OC[C@H]1O[C@@H](N2C=C(F)CNC2=O)CC1O. The summed E-state index contributed by atoms with van der Waals surface area (Å²) in [6, 6.07) is -0.558. The van der Waals surface area contributed by atoms with Gasteiger partial charge in [0.2, 0.25) is 0 Å². The summed E-state index contributed by atoms with van der Waals surface area (Å²) in [5, 5.41) is 12.0. The molecular weight excluding hydrogens is 296 g/mol. The topological polar surface area (TPSA) is 134 Å². The van der Waals surface area contributed by atoms with Crippen molar-refractivity contribution in [1.82, 2.24) is 10.2 Å². The summed E-state index contributed by atoms with van der Waals surface area (Å²) in [4.78, 5) is 21.3. The Bertz CT molecular complexity index is 469. The normalized spacial score (nSPS) is 33.6. The average molecular weight is 311 g/mol. The molecule has 1 saturated heterocycles. The number of nitrogens with one attached hydrogen (secondary N) is 1. The molecule has 2 aliphatic heterocycles. The number of nitrogens with zero attached hydrogens (tertiary/aromatic N) is 1. The molecule has 0 aromatic heterocycles. The van der Waals surface area contributed by atoms with Crippen molar-refractivity contribution in [2.24, 2.45) is 5.50 Å². The number of carbonyl (C=O) groups is 1. The third-order valence-electron chi connectivity index (χ3n) is 2.86. The Morgan fingerprint density at radius 3 is 3.05 bits per heavy atom. The second-order valence-electron chi connectivity index (χ2n) is 4.43. The van der Waals surface area contributed by atoms with Gasteiger partial charge in [-0.1, -0.05) is 0 Å². The molecule has 1 fully saturated rings. The Hall–Kier alpha value is -1.03. The Kier molecular flexibility index (Phi) is 4.43. The van der Waals surface area contributed by atoms with Gasteiger partial charge in [-0.2, -0.15) is 0 Å². The van der Waals surface area contributed by atoms with Gasteiger partial charge in [-0.3, -0.25) is 9.42 Å². The number of aliphatic hydroxyl groups is 1. The van der Waals surface area contributed by atoms with E-state index in [1.54, 1.807) is 0 Å². The van der Waals surface area contributed by atoms with Crippen molar-refractivity contribution in [2.45, 2.75) is 24.9 Å². The molecule has 0 aliphatic carbocycles. The first-order chi connectivity index (χ1) is 9.26. The van der Waals surface area contributed by atoms with Crippen LogP contribution in [-0.2, 0) is 13.8 Å². The number of aliphatic hydroxyl groups excluding tert-OH is 1. The predicted octanol–water partition coefficient (Wildman–Crippen LogP) is -0.626. The molecular formula is C9H15FN3O6P. The Balaban J connectivity index is 1.97. The zero-order valence-corrected chi connectivity index (χ0v) is 11.2. The fourth-order valence-electron chi connectivity index (χ4n) is 1.94. The first kappa shape index (κ1) is 15.4. The molecule has 2 rings (SSSR count). The summed E-state index contributed by atoms with van der Waals surface area (Å²) < 4.78 is 33.7. The number of carbonyl (C=O) groups excluding carboxylic acids is 1. The Morgan fingerprint density at radius 1 is 1.70 bits per heavy atom. The molecule has 2 aliphatic rings. The maximum Gasteiger partial charge on any atom is 0.400 e. The van der Waals surface area contributed by atoms with Gasteiger partial charge in [-0.05, 0) is 0 Å². The molecule has 2 heterocycles. The fourth-order valence-corrected chi connectivity index (χ4v) is 2.30. The molecule has 0 aromatic carbocycles. The van der Waals surface area contributed by atoms with Crippen LogP contribution in [0.4, 0.5) is 9.18 Å². The van der Waals surface area contributed by atoms with Crippen LogP contribution in [0.3, 0.4) is 0 Å². The van der Waals surface area contributed by atoms with E-state index in [9.17, 15) is 18.9 Å². The number of rotatable bonds is 4. The lowest BCUT2D eigenvalue weighted by atomic mass is 10.2. The van der Waals surface area contributed by atoms with E-state index in [1.165, 1.54) is 0 Å². The average Bonchev–Trinajstić information content (AvgIpc) is 2.70. The van der Waals surface area contributed by atoms with E-state index >= 15 is 0 Å². The lowest BCUT2D eigenvalue weighted by Gasteiger charge is -2.28. The highest BCUT2D eigenvalue weighted by Gasteiger charge is 2.40. The van der Waals surface area contributed by atoms with Gasteiger partial charge in [0.15, 0.2) is 0 Å². The quantitative estimate of drug-likeness (QED) is 0.508. The lowest BCUT2D eigenvalue weighted by Crippen LogP contribution is -2.46. The largest absolute Gasteiger partial charge is 0.400 e. The number of urea groups is 1. The number of ether oxygens (including phenoxy) is 1. The van der Waals surface area contributed by atoms with Gasteiger partial charge >= 0.3 is 13.8 Å². The van der Waals surface area contributed by atoms with Crippen LogP contribution in [0.25, 0.3) is 0 Å². The fraction of sp³-hybridized carbons (Fsp3) is 0.667. The number of hydrogen-bond donors (Lipinski definition) is 4. The van der Waals surface area contributed by atoms with Crippen LogP contribution in [-0.4, -0.2) is 52.5 Å². The van der Waals surface area contributed by atoms with Crippen molar-refractivity contribution < 1.29 is 33.0 Å². The highest BCUT2D eigenvalue weighted by Crippen LogP contribution is 2.34. The van der Waals surface area contributed by atoms with E-state index < -0.39 is 44.6 Å². The van der Waals surface area contributed by atoms with E-state index in [-0.39, 0.29) is 13.0 Å². The number of amides is 2. The van der Waals surface area contributed by atoms with Gasteiger partial charge in [-0.25, -0.2) is 19.3 Å². The molecule has 4 atom stereocenters. The molecule has 0 radical (unpaired) electrons. The van der Waals surface area contributed by atoms with Crippen LogP contribution < -0.4 is 10.8 Å². The zero-order valence-electron chi connectivity index (χ0n) is 10.3. The van der Waals surface area contributed by atoms with Gasteiger partial charge in [0.25, 0.3) is 0 Å². The standard InChI is InChI=1S/C9H15FN3O6P/c10-5-2-12-9(15)13(3-5)8-1-6(14)7(19-8)4-18-20(11,16)17/h3,6-8,14H,1-2,4H2,(H,12,15)(H3,11,16,17)/t6?,7-,8-/m1/s1. The molecule has 0 saturated carbocycles. The first-order valence-corrected chi connectivity index (χ1v) is 7.43. The third-order valence-corrected chi connectivity index (χ3v) is 3.38. The minimum Gasteiger partial charge on any atom is -0.390 e. The van der Waals surface area contributed by atoms with Gasteiger partial charge in [-0.15, -0.1) is 0 Å². The van der Waals surface area contributed by atoms with Crippen LogP contribution in [0.5, 0.6) is 0 Å². The maximum absolute atomic E-state index is 13.1. The van der Waals surface area contributed by atoms with Crippen molar-refractivity contribution in [2.75, 3.05) is 13.2 Å². The summed E-state index contributed by atoms with van der Waals surface area (Å²) in [6.07, 6.45) is -1.85. The molecule has 0 spiro atoms. The van der Waals surface area contributed by atoms with Crippen LogP contribution in [0.1, 0.15) is 6.42 Å². The molecule has 11 heteroatoms. The lowest BCUT2D eigenvalue weighted by molar-refractivity contribution is -0.0513. The van der Waals surface area contributed by atoms with Crippen LogP contribution in [0.2, 0.25) is 0 Å². The van der Waals surface area contributed by atoms with Gasteiger partial charge in [0, 0.05) is 12.6 Å². The number of hydrogen-bond acceptors (Lipinski definition) is 5. The van der Waals surface area contributed by atoms with E-state index in [4.69, 9.17) is 15.1 Å². The van der Waals surface area contributed by atoms with E-state index in [0.29, 0.717) is 0 Å². The van der Waals surface area contributed by atoms with Crippen LogP contribution in [0.15, 0.2) is 12.0 Å². The summed E-state index contributed by atoms with van der Waals surface area (Å²) in [5.41, 5.74) is 4.79. The summed E-state index contributed by atoms with van der Waals surface area (Å²) in [6.45, 7) is -0.610. The number of nitrogens with two attached hydrogens (primary N) is 1. The molecule has 0 aromatic rings. The minimum absolute atomic E-state index is 0.0194. The van der Waals surface area contributed by atoms with Crippen molar-refractivity contribution in [3.05, 3.63) is 12.0 Å². The van der Waals surface area contributed by atoms with Gasteiger partial charge < -0.3 is 20.1 Å². The summed E-state index contributed by atoms with van der Waals surface area (Å²) in [5.74, 6) is -0.552. The second-order valence-corrected chi connectivity index (χ2v) is 5.82. The highest BCUT2D eigenvalue weighted by atomic mass is 31.2. The third kappa shape index (κ3) is 3.75. The second kappa shape index (κ2) is 5.76. The van der Waals surface area contributed by atoms with Crippen LogP contribution in [0, 0.1) is 0 Å². The first-order valence-electron chi connectivity index (χ1n) is 5.78. The Morgan fingerprint density at radius 2 is 2.40 bits per heavy atom. The summed E-state index contributed by atoms with van der Waals surface area (Å²) in [7, 11) is -4.17. The van der Waals surface area contributed by atoms with Crippen molar-refractivity contribution >= 4 is 13.8 Å².